The number of benzene rings is 2. The first-order chi connectivity index (χ1) is 17.5. The van der Waals surface area contributed by atoms with Gasteiger partial charge in [0.25, 0.3) is 0 Å². The van der Waals surface area contributed by atoms with Gasteiger partial charge in [-0.15, -0.1) is 0 Å². The van der Waals surface area contributed by atoms with E-state index in [1.54, 1.807) is 32.4 Å². The maximum Gasteiger partial charge on any atom is 0.246 e. The van der Waals surface area contributed by atoms with Gasteiger partial charge in [0.2, 0.25) is 11.9 Å². The largest absolute Gasteiger partial charge is 0.494 e. The molecule has 2 N–H and O–H groups in total. The molecule has 0 unspecified atom stereocenters. The second kappa shape index (κ2) is 11.6. The average Bonchev–Trinajstić information content (AvgIpc) is 2.92. The summed E-state index contributed by atoms with van der Waals surface area (Å²) < 4.78 is 16.4. The number of ether oxygens (including phenoxy) is 3. The molecular formula is C27H33N5O4. The summed E-state index contributed by atoms with van der Waals surface area (Å²) in [6.07, 6.45) is 5.59. The lowest BCUT2D eigenvalue weighted by atomic mass is 10.2. The molecule has 36 heavy (non-hydrogen) atoms. The first-order valence-electron chi connectivity index (χ1n) is 12.2. The first kappa shape index (κ1) is 25.1. The Labute approximate surface area is 211 Å². The Morgan fingerprint density at radius 1 is 1.03 bits per heavy atom. The summed E-state index contributed by atoms with van der Waals surface area (Å²) in [5, 5.41) is 0.705. The van der Waals surface area contributed by atoms with E-state index in [1.165, 1.54) is 0 Å². The van der Waals surface area contributed by atoms with E-state index in [0.717, 1.165) is 30.8 Å². The number of unbranched alkanes of at least 4 members (excludes halogenated alkanes) is 1. The van der Waals surface area contributed by atoms with E-state index in [4.69, 9.17) is 24.9 Å². The molecule has 1 saturated heterocycles. The maximum atomic E-state index is 12.7. The zero-order valence-corrected chi connectivity index (χ0v) is 21.1. The number of piperazine rings is 1. The fourth-order valence-corrected chi connectivity index (χ4v) is 4.02. The number of nitrogen functional groups attached to an aromatic ring is 1. The van der Waals surface area contributed by atoms with Gasteiger partial charge in [0, 0.05) is 43.7 Å². The molecule has 190 valence electrons. The van der Waals surface area contributed by atoms with Crippen molar-refractivity contribution < 1.29 is 19.0 Å². The number of methoxy groups -OCH3 is 2. The minimum atomic E-state index is -0.0197. The summed E-state index contributed by atoms with van der Waals surface area (Å²) in [5.41, 5.74) is 7.87. The van der Waals surface area contributed by atoms with E-state index in [9.17, 15) is 4.79 Å². The predicted octanol–water partition coefficient (Wildman–Crippen LogP) is 3.77. The van der Waals surface area contributed by atoms with Crippen LogP contribution in [-0.4, -0.2) is 67.8 Å². The van der Waals surface area contributed by atoms with Crippen LogP contribution in [-0.2, 0) is 4.79 Å². The van der Waals surface area contributed by atoms with Crippen LogP contribution in [0.3, 0.4) is 0 Å². The molecule has 0 saturated carbocycles. The number of anilines is 2. The zero-order valence-electron chi connectivity index (χ0n) is 21.1. The van der Waals surface area contributed by atoms with Crippen molar-refractivity contribution in [3.63, 3.8) is 0 Å². The molecule has 1 aliphatic heterocycles. The SMILES string of the molecule is CCCCOc1ccc(/C=C/C(=O)N2CCN(c3nc(N)c4cc(OC)c(OC)cc4n3)CC2)cc1. The molecule has 2 aromatic carbocycles. The summed E-state index contributed by atoms with van der Waals surface area (Å²) in [6.45, 7) is 5.22. The normalized spacial score (nSPS) is 13.9. The number of carbonyl (C=O) groups is 1. The lowest BCUT2D eigenvalue weighted by Crippen LogP contribution is -2.48. The monoisotopic (exact) mass is 491 g/mol. The summed E-state index contributed by atoms with van der Waals surface area (Å²) in [4.78, 5) is 25.8. The van der Waals surface area contributed by atoms with Gasteiger partial charge in [0.05, 0.1) is 26.3 Å². The Hall–Kier alpha value is -4.01. The fourth-order valence-electron chi connectivity index (χ4n) is 4.02. The number of amides is 1. The number of nitrogens with zero attached hydrogens (tertiary/aromatic N) is 4. The molecule has 0 atom stereocenters. The van der Waals surface area contributed by atoms with Crippen LogP contribution in [0.25, 0.3) is 17.0 Å². The standard InChI is InChI=1S/C27H33N5O4/c1-4-5-16-36-20-9-6-19(7-10-20)8-11-25(33)31-12-14-32(15-13-31)27-29-22-18-24(35-3)23(34-2)17-21(22)26(28)30-27/h6-11,17-18H,4-5,12-16H2,1-3H3,(H2,28,29,30)/b11-8+. The number of hydrogen-bond donors (Lipinski definition) is 1. The number of aromatic nitrogens is 2. The van der Waals surface area contributed by atoms with Crippen LogP contribution in [0.15, 0.2) is 42.5 Å². The smallest absolute Gasteiger partial charge is 0.246 e. The number of carbonyl (C=O) groups excluding carboxylic acids is 1. The molecular weight excluding hydrogens is 458 g/mol. The molecule has 2 heterocycles. The fraction of sp³-hybridized carbons (Fsp3) is 0.370. The van der Waals surface area contributed by atoms with Gasteiger partial charge in [-0.3, -0.25) is 4.79 Å². The molecule has 3 aromatic rings. The van der Waals surface area contributed by atoms with Crippen LogP contribution >= 0.6 is 0 Å². The van der Waals surface area contributed by atoms with E-state index in [1.807, 2.05) is 40.1 Å². The molecule has 9 nitrogen and oxygen atoms in total. The number of fused-ring (bicyclic) bond motifs is 1. The predicted molar refractivity (Wildman–Crippen MR) is 142 cm³/mol. The van der Waals surface area contributed by atoms with Gasteiger partial charge in [0.15, 0.2) is 11.5 Å². The number of hydrogen-bond acceptors (Lipinski definition) is 8. The summed E-state index contributed by atoms with van der Waals surface area (Å²) in [5.74, 6) is 2.89. The topological polar surface area (TPSA) is 103 Å². The molecule has 9 heteroatoms. The molecule has 4 rings (SSSR count). The van der Waals surface area contributed by atoms with Crippen molar-refractivity contribution in [2.45, 2.75) is 19.8 Å². The summed E-state index contributed by atoms with van der Waals surface area (Å²) in [7, 11) is 3.16. The average molecular weight is 492 g/mol. The zero-order chi connectivity index (χ0) is 25.5. The second-order valence-corrected chi connectivity index (χ2v) is 8.55. The van der Waals surface area contributed by atoms with Gasteiger partial charge in [-0.2, -0.15) is 4.98 Å². The van der Waals surface area contributed by atoms with E-state index >= 15 is 0 Å². The second-order valence-electron chi connectivity index (χ2n) is 8.55. The van der Waals surface area contributed by atoms with Crippen LogP contribution in [0.1, 0.15) is 25.3 Å². The van der Waals surface area contributed by atoms with Crippen molar-refractivity contribution in [2.24, 2.45) is 0 Å². The van der Waals surface area contributed by atoms with Crippen molar-refractivity contribution in [3.8, 4) is 17.2 Å². The maximum absolute atomic E-state index is 12.7. The van der Waals surface area contributed by atoms with E-state index in [-0.39, 0.29) is 5.91 Å². The molecule has 0 bridgehead atoms. The van der Waals surface area contributed by atoms with Crippen molar-refractivity contribution >= 4 is 34.7 Å². The van der Waals surface area contributed by atoms with Gasteiger partial charge < -0.3 is 29.7 Å². The molecule has 0 radical (unpaired) electrons. The Kier molecular flexibility index (Phi) is 8.10. The third kappa shape index (κ3) is 5.79. The molecule has 1 amide bonds. The highest BCUT2D eigenvalue weighted by Gasteiger charge is 2.22. The highest BCUT2D eigenvalue weighted by Crippen LogP contribution is 2.34. The van der Waals surface area contributed by atoms with E-state index in [2.05, 4.69) is 11.9 Å². The molecule has 1 aromatic heterocycles. The van der Waals surface area contributed by atoms with Crippen molar-refractivity contribution in [1.82, 2.24) is 14.9 Å². The lowest BCUT2D eigenvalue weighted by molar-refractivity contribution is -0.126. The van der Waals surface area contributed by atoms with Crippen LogP contribution in [0.5, 0.6) is 17.2 Å². The summed E-state index contributed by atoms with van der Waals surface area (Å²) >= 11 is 0. The van der Waals surface area contributed by atoms with Gasteiger partial charge in [-0.25, -0.2) is 4.98 Å². The molecule has 0 spiro atoms. The third-order valence-electron chi connectivity index (χ3n) is 6.16. The van der Waals surface area contributed by atoms with Crippen LogP contribution in [0, 0.1) is 0 Å². The Morgan fingerprint density at radius 3 is 2.39 bits per heavy atom. The number of nitrogens with two attached hydrogens (primary N) is 1. The molecule has 1 fully saturated rings. The minimum Gasteiger partial charge on any atom is -0.494 e. The van der Waals surface area contributed by atoms with Gasteiger partial charge in [-0.05, 0) is 36.3 Å². The highest BCUT2D eigenvalue weighted by atomic mass is 16.5. The van der Waals surface area contributed by atoms with Crippen molar-refractivity contribution in [1.29, 1.82) is 0 Å². The molecule has 0 aliphatic carbocycles. The van der Waals surface area contributed by atoms with Crippen molar-refractivity contribution in [2.75, 3.05) is 57.6 Å². The van der Waals surface area contributed by atoms with Gasteiger partial charge in [-0.1, -0.05) is 25.5 Å². The van der Waals surface area contributed by atoms with Crippen LogP contribution in [0.4, 0.5) is 11.8 Å². The van der Waals surface area contributed by atoms with Crippen LogP contribution in [0.2, 0.25) is 0 Å². The Morgan fingerprint density at radius 2 is 1.72 bits per heavy atom. The van der Waals surface area contributed by atoms with E-state index in [0.29, 0.717) is 60.3 Å². The van der Waals surface area contributed by atoms with Crippen molar-refractivity contribution in [3.05, 3.63) is 48.0 Å². The molecule has 1 aliphatic rings. The Bertz CT molecular complexity index is 1220. The van der Waals surface area contributed by atoms with Crippen LogP contribution < -0.4 is 24.8 Å². The highest BCUT2D eigenvalue weighted by molar-refractivity contribution is 5.93. The summed E-state index contributed by atoms with van der Waals surface area (Å²) in [6, 6.07) is 11.3. The minimum absolute atomic E-state index is 0.0197. The Balaban J connectivity index is 1.36. The van der Waals surface area contributed by atoms with E-state index < -0.39 is 0 Å². The van der Waals surface area contributed by atoms with Gasteiger partial charge >= 0.3 is 0 Å². The lowest BCUT2D eigenvalue weighted by Gasteiger charge is -2.34. The quantitative estimate of drug-likeness (QED) is 0.356. The first-order valence-corrected chi connectivity index (χ1v) is 12.2. The third-order valence-corrected chi connectivity index (χ3v) is 6.16. The van der Waals surface area contributed by atoms with Gasteiger partial charge in [0.1, 0.15) is 11.6 Å². The number of rotatable bonds is 9.